The van der Waals surface area contributed by atoms with Crippen LogP contribution in [-0.4, -0.2) is 26.0 Å². The van der Waals surface area contributed by atoms with Gasteiger partial charge in [-0.3, -0.25) is 4.98 Å². The standard InChI is InChI=1S/C24H23FN4O/c1-12-3-5-20-24(27-12)29-23(28-20)13(2)22-16-10-15(11-17(16)22)30-21-7-8-26-19-6-4-14(25)9-18(19)21/h3-9,13,15-17,22H,10-11H2,1-2H3,(H,27,28,29). The van der Waals surface area contributed by atoms with Crippen molar-refractivity contribution in [1.82, 2.24) is 19.9 Å². The Morgan fingerprint density at radius 1 is 1.10 bits per heavy atom. The first-order chi connectivity index (χ1) is 14.6. The van der Waals surface area contributed by atoms with E-state index in [1.807, 2.05) is 19.1 Å². The van der Waals surface area contributed by atoms with Crippen LogP contribution < -0.4 is 4.74 Å². The third-order valence-electron chi connectivity index (χ3n) is 6.94. The number of rotatable bonds is 4. The van der Waals surface area contributed by atoms with Gasteiger partial charge < -0.3 is 9.72 Å². The summed E-state index contributed by atoms with van der Waals surface area (Å²) in [5.41, 5.74) is 3.56. The minimum atomic E-state index is -0.265. The number of hydrogen-bond donors (Lipinski definition) is 1. The Balaban J connectivity index is 1.16. The summed E-state index contributed by atoms with van der Waals surface area (Å²) in [7, 11) is 0. The molecular weight excluding hydrogens is 379 g/mol. The summed E-state index contributed by atoms with van der Waals surface area (Å²) in [5, 5.41) is 0.744. The highest BCUT2D eigenvalue weighted by Gasteiger charge is 2.59. The van der Waals surface area contributed by atoms with E-state index in [0.717, 1.165) is 52.2 Å². The van der Waals surface area contributed by atoms with Crippen LogP contribution in [0.4, 0.5) is 4.39 Å². The fourth-order valence-corrected chi connectivity index (χ4v) is 5.46. The van der Waals surface area contributed by atoms with Gasteiger partial charge in [-0.05, 0) is 73.9 Å². The topological polar surface area (TPSA) is 63.7 Å². The van der Waals surface area contributed by atoms with E-state index in [0.29, 0.717) is 23.7 Å². The number of fused-ring (bicyclic) bond motifs is 3. The zero-order valence-corrected chi connectivity index (χ0v) is 17.0. The number of halogens is 1. The second-order valence-electron chi connectivity index (χ2n) is 8.82. The number of nitrogens with zero attached hydrogens (tertiary/aromatic N) is 3. The van der Waals surface area contributed by atoms with Crippen LogP contribution in [0.5, 0.6) is 5.75 Å². The number of H-pyrrole nitrogens is 1. The van der Waals surface area contributed by atoms with E-state index in [9.17, 15) is 4.39 Å². The van der Waals surface area contributed by atoms with Gasteiger partial charge in [-0.25, -0.2) is 14.4 Å². The van der Waals surface area contributed by atoms with Crippen LogP contribution in [0.2, 0.25) is 0 Å². The van der Waals surface area contributed by atoms with E-state index < -0.39 is 0 Å². The lowest BCUT2D eigenvalue weighted by Crippen LogP contribution is -2.17. The number of hydrogen-bond acceptors (Lipinski definition) is 4. The molecule has 2 aliphatic rings. The van der Waals surface area contributed by atoms with Gasteiger partial charge in [0.05, 0.1) is 17.1 Å². The van der Waals surface area contributed by atoms with Crippen molar-refractivity contribution >= 4 is 22.1 Å². The Bertz CT molecular complexity index is 1260. The van der Waals surface area contributed by atoms with E-state index >= 15 is 0 Å². The van der Waals surface area contributed by atoms with Crippen LogP contribution in [0.15, 0.2) is 42.6 Å². The van der Waals surface area contributed by atoms with Crippen LogP contribution in [0.25, 0.3) is 22.1 Å². The molecule has 30 heavy (non-hydrogen) atoms. The van der Waals surface area contributed by atoms with Gasteiger partial charge in [0.2, 0.25) is 0 Å². The predicted octanol–water partition coefficient (Wildman–Crippen LogP) is 5.16. The molecule has 4 aromatic rings. The van der Waals surface area contributed by atoms with Crippen LogP contribution >= 0.6 is 0 Å². The zero-order valence-electron chi connectivity index (χ0n) is 17.0. The first-order valence-electron chi connectivity index (χ1n) is 10.6. The van der Waals surface area contributed by atoms with Crippen molar-refractivity contribution in [3.05, 3.63) is 59.9 Å². The van der Waals surface area contributed by atoms with Crippen molar-refractivity contribution in [3.63, 3.8) is 0 Å². The monoisotopic (exact) mass is 402 g/mol. The molecule has 0 radical (unpaired) electrons. The predicted molar refractivity (Wildman–Crippen MR) is 113 cm³/mol. The molecule has 6 rings (SSSR count). The van der Waals surface area contributed by atoms with Gasteiger partial charge in [0, 0.05) is 23.2 Å². The van der Waals surface area contributed by atoms with E-state index in [4.69, 9.17) is 9.72 Å². The molecule has 2 fully saturated rings. The Hall–Kier alpha value is -3.02. The lowest BCUT2D eigenvalue weighted by Gasteiger charge is -2.19. The van der Waals surface area contributed by atoms with Crippen molar-refractivity contribution < 1.29 is 9.13 Å². The number of ether oxygens (including phenoxy) is 1. The quantitative estimate of drug-likeness (QED) is 0.512. The van der Waals surface area contributed by atoms with Crippen LogP contribution in [0.1, 0.15) is 37.2 Å². The molecule has 0 saturated heterocycles. The molecule has 0 aliphatic heterocycles. The van der Waals surface area contributed by atoms with Crippen LogP contribution in [0, 0.1) is 30.5 Å². The summed E-state index contributed by atoms with van der Waals surface area (Å²) < 4.78 is 20.0. The molecule has 0 spiro atoms. The first kappa shape index (κ1) is 17.8. The highest BCUT2D eigenvalue weighted by Crippen LogP contribution is 2.63. The number of benzene rings is 1. The van der Waals surface area contributed by atoms with Gasteiger partial charge in [-0.2, -0.15) is 0 Å². The maximum Gasteiger partial charge on any atom is 0.177 e. The molecule has 3 atom stereocenters. The Labute approximate surface area is 173 Å². The molecule has 0 amide bonds. The third kappa shape index (κ3) is 2.85. The Kier molecular flexibility index (Phi) is 3.85. The molecule has 6 heteroatoms. The summed E-state index contributed by atoms with van der Waals surface area (Å²) in [5.74, 6) is 3.85. The van der Waals surface area contributed by atoms with Gasteiger partial charge in [0.15, 0.2) is 5.65 Å². The van der Waals surface area contributed by atoms with Crippen LogP contribution in [0.3, 0.4) is 0 Å². The summed E-state index contributed by atoms with van der Waals surface area (Å²) in [6.45, 7) is 4.26. The smallest absolute Gasteiger partial charge is 0.177 e. The van der Waals surface area contributed by atoms with E-state index in [1.165, 1.54) is 12.1 Å². The van der Waals surface area contributed by atoms with Gasteiger partial charge in [0.1, 0.15) is 17.4 Å². The molecule has 0 bridgehead atoms. The summed E-state index contributed by atoms with van der Waals surface area (Å²) in [4.78, 5) is 17.1. The van der Waals surface area contributed by atoms with Gasteiger partial charge >= 0.3 is 0 Å². The summed E-state index contributed by atoms with van der Waals surface area (Å²) in [6.07, 6.45) is 3.98. The lowest BCUT2D eigenvalue weighted by molar-refractivity contribution is 0.186. The fourth-order valence-electron chi connectivity index (χ4n) is 5.46. The third-order valence-corrected chi connectivity index (χ3v) is 6.94. The molecular formula is C24H23FN4O. The normalized spacial score (nSPS) is 26.1. The highest BCUT2D eigenvalue weighted by atomic mass is 19.1. The lowest BCUT2D eigenvalue weighted by atomic mass is 9.97. The fraction of sp³-hybridized carbons (Fsp3) is 0.375. The zero-order chi connectivity index (χ0) is 20.4. The first-order valence-corrected chi connectivity index (χ1v) is 10.6. The van der Waals surface area contributed by atoms with Gasteiger partial charge in [-0.1, -0.05) is 6.92 Å². The molecule has 5 nitrogen and oxygen atoms in total. The van der Waals surface area contributed by atoms with E-state index in [1.54, 1.807) is 12.3 Å². The van der Waals surface area contributed by atoms with Crippen molar-refractivity contribution in [1.29, 1.82) is 0 Å². The number of pyridine rings is 2. The van der Waals surface area contributed by atoms with Crippen LogP contribution in [-0.2, 0) is 0 Å². The molecule has 1 N–H and O–H groups in total. The molecule has 152 valence electrons. The highest BCUT2D eigenvalue weighted by molar-refractivity contribution is 5.84. The number of nitrogens with one attached hydrogen (secondary N) is 1. The second-order valence-corrected chi connectivity index (χ2v) is 8.82. The maximum atomic E-state index is 13.7. The number of aromatic nitrogens is 4. The van der Waals surface area contributed by atoms with Crippen molar-refractivity contribution in [2.75, 3.05) is 0 Å². The average Bonchev–Trinajstić information content (AvgIpc) is 3.06. The van der Waals surface area contributed by atoms with E-state index in [2.05, 4.69) is 27.9 Å². The number of aromatic amines is 1. The molecule has 2 saturated carbocycles. The molecule has 2 aliphatic carbocycles. The van der Waals surface area contributed by atoms with E-state index in [-0.39, 0.29) is 11.9 Å². The molecule has 3 unspecified atom stereocenters. The van der Waals surface area contributed by atoms with Gasteiger partial charge in [-0.15, -0.1) is 0 Å². The molecule has 3 aromatic heterocycles. The largest absolute Gasteiger partial charge is 0.490 e. The second kappa shape index (κ2) is 6.49. The minimum absolute atomic E-state index is 0.178. The van der Waals surface area contributed by atoms with Crippen molar-refractivity contribution in [3.8, 4) is 5.75 Å². The Morgan fingerprint density at radius 3 is 2.77 bits per heavy atom. The maximum absolute atomic E-state index is 13.7. The molecule has 3 heterocycles. The number of aryl methyl sites for hydroxylation is 1. The summed E-state index contributed by atoms with van der Waals surface area (Å²) in [6, 6.07) is 10.6. The van der Waals surface area contributed by atoms with Crippen molar-refractivity contribution in [2.24, 2.45) is 17.8 Å². The SMILES string of the molecule is Cc1ccc2[nH]c(C(C)C3C4CC(Oc5ccnc6ccc(F)cc56)CC43)nc2n1. The number of imidazole rings is 1. The van der Waals surface area contributed by atoms with Crippen molar-refractivity contribution in [2.45, 2.75) is 38.7 Å². The average molecular weight is 402 g/mol. The molecule has 1 aromatic carbocycles. The Morgan fingerprint density at radius 2 is 1.93 bits per heavy atom. The van der Waals surface area contributed by atoms with Gasteiger partial charge in [0.25, 0.3) is 0 Å². The minimum Gasteiger partial charge on any atom is -0.490 e. The summed E-state index contributed by atoms with van der Waals surface area (Å²) >= 11 is 0.